The Balaban J connectivity index is 1.49. The number of carbonyl (C=O) groups is 1. The SMILES string of the molecule is Cc1cnccc1Nc1ncc(Cl)c(-c2csc(C(=O)NCc3ccc(F)c(Cl)c3)c2)n1. The molecule has 0 spiro atoms. The third kappa shape index (κ3) is 5.04. The number of hydrogen-bond acceptors (Lipinski definition) is 6. The van der Waals surface area contributed by atoms with Crippen LogP contribution in [0.3, 0.4) is 0 Å². The summed E-state index contributed by atoms with van der Waals surface area (Å²) >= 11 is 13.4. The van der Waals surface area contributed by atoms with Crippen LogP contribution < -0.4 is 10.6 Å². The molecule has 6 nitrogen and oxygen atoms in total. The maximum Gasteiger partial charge on any atom is 0.261 e. The Hall–Kier alpha value is -3.07. The highest BCUT2D eigenvalue weighted by molar-refractivity contribution is 7.12. The molecule has 3 heterocycles. The molecule has 0 radical (unpaired) electrons. The third-order valence-electron chi connectivity index (χ3n) is 4.54. The second kappa shape index (κ2) is 9.60. The predicted octanol–water partition coefficient (Wildman–Crippen LogP) is 6.03. The number of pyridine rings is 1. The van der Waals surface area contributed by atoms with Crippen LogP contribution in [0.25, 0.3) is 11.3 Å². The zero-order valence-electron chi connectivity index (χ0n) is 16.7. The Kier molecular flexibility index (Phi) is 6.64. The molecule has 1 aromatic carbocycles. The van der Waals surface area contributed by atoms with Crippen LogP contribution in [0.4, 0.5) is 16.0 Å². The van der Waals surface area contributed by atoms with E-state index in [1.807, 2.05) is 13.0 Å². The molecule has 10 heteroatoms. The first-order valence-electron chi connectivity index (χ1n) is 9.42. The van der Waals surface area contributed by atoms with Gasteiger partial charge in [-0.25, -0.2) is 14.4 Å². The minimum absolute atomic E-state index is 0.0138. The largest absolute Gasteiger partial charge is 0.347 e. The molecule has 0 aliphatic carbocycles. The number of aryl methyl sites for hydroxylation is 1. The highest BCUT2D eigenvalue weighted by atomic mass is 35.5. The molecule has 2 N–H and O–H groups in total. The van der Waals surface area contributed by atoms with E-state index in [-0.39, 0.29) is 17.5 Å². The summed E-state index contributed by atoms with van der Waals surface area (Å²) in [5, 5.41) is 8.14. The molecular weight excluding hydrogens is 472 g/mol. The fourth-order valence-corrected chi connectivity index (χ4v) is 4.07. The van der Waals surface area contributed by atoms with E-state index in [4.69, 9.17) is 23.2 Å². The molecule has 0 saturated heterocycles. The number of carbonyl (C=O) groups excluding carboxylic acids is 1. The van der Waals surface area contributed by atoms with Crippen molar-refractivity contribution in [1.82, 2.24) is 20.3 Å². The highest BCUT2D eigenvalue weighted by Crippen LogP contribution is 2.31. The summed E-state index contributed by atoms with van der Waals surface area (Å²) in [6.45, 7) is 2.15. The van der Waals surface area contributed by atoms with Crippen LogP contribution in [-0.4, -0.2) is 20.9 Å². The first-order chi connectivity index (χ1) is 15.4. The second-order valence-electron chi connectivity index (χ2n) is 6.84. The first kappa shape index (κ1) is 22.1. The van der Waals surface area contributed by atoms with Gasteiger partial charge in [0.1, 0.15) is 5.82 Å². The molecule has 0 aliphatic rings. The van der Waals surface area contributed by atoms with E-state index in [9.17, 15) is 9.18 Å². The van der Waals surface area contributed by atoms with E-state index >= 15 is 0 Å². The van der Waals surface area contributed by atoms with Gasteiger partial charge in [0, 0.05) is 35.6 Å². The van der Waals surface area contributed by atoms with Crippen molar-refractivity contribution in [2.45, 2.75) is 13.5 Å². The van der Waals surface area contributed by atoms with Crippen molar-refractivity contribution in [2.75, 3.05) is 5.32 Å². The average Bonchev–Trinajstić information content (AvgIpc) is 3.27. The Bertz CT molecular complexity index is 1300. The monoisotopic (exact) mass is 487 g/mol. The fourth-order valence-electron chi connectivity index (χ4n) is 2.86. The van der Waals surface area contributed by atoms with Gasteiger partial charge in [0.2, 0.25) is 5.95 Å². The molecule has 32 heavy (non-hydrogen) atoms. The summed E-state index contributed by atoms with van der Waals surface area (Å²) in [6, 6.07) is 7.86. The van der Waals surface area contributed by atoms with E-state index in [1.54, 1.807) is 29.9 Å². The highest BCUT2D eigenvalue weighted by Gasteiger charge is 2.15. The van der Waals surface area contributed by atoms with Crippen LogP contribution in [-0.2, 0) is 6.54 Å². The Labute approximate surface area is 197 Å². The van der Waals surface area contributed by atoms with Crippen molar-refractivity contribution in [3.05, 3.63) is 86.2 Å². The van der Waals surface area contributed by atoms with E-state index in [2.05, 4.69) is 25.6 Å². The number of nitrogens with zero attached hydrogens (tertiary/aromatic N) is 3. The van der Waals surface area contributed by atoms with Gasteiger partial charge in [-0.05, 0) is 42.3 Å². The lowest BCUT2D eigenvalue weighted by atomic mass is 10.2. The molecule has 4 rings (SSSR count). The van der Waals surface area contributed by atoms with Gasteiger partial charge in [-0.1, -0.05) is 29.3 Å². The van der Waals surface area contributed by atoms with Crippen LogP contribution in [0.1, 0.15) is 20.8 Å². The zero-order valence-corrected chi connectivity index (χ0v) is 19.0. The normalized spacial score (nSPS) is 10.8. The smallest absolute Gasteiger partial charge is 0.261 e. The molecule has 0 fully saturated rings. The lowest BCUT2D eigenvalue weighted by Gasteiger charge is -2.09. The van der Waals surface area contributed by atoms with Gasteiger partial charge < -0.3 is 10.6 Å². The number of aromatic nitrogens is 3. The van der Waals surface area contributed by atoms with Gasteiger partial charge in [-0.15, -0.1) is 11.3 Å². The number of benzene rings is 1. The van der Waals surface area contributed by atoms with E-state index < -0.39 is 5.82 Å². The van der Waals surface area contributed by atoms with Crippen molar-refractivity contribution in [3.8, 4) is 11.3 Å². The standard InChI is InChI=1S/C22H16Cl2FN5OS/c1-12-8-26-5-4-18(12)29-22-28-10-16(24)20(30-22)14-7-19(32-11-14)21(31)27-9-13-2-3-17(25)15(23)6-13/h2-8,10-11H,9H2,1H3,(H,27,31)(H,26,28,29,30). The number of thiophene rings is 1. The maximum atomic E-state index is 13.3. The summed E-state index contributed by atoms with van der Waals surface area (Å²) in [7, 11) is 0. The molecule has 162 valence electrons. The molecule has 1 amide bonds. The maximum absolute atomic E-state index is 13.3. The summed E-state index contributed by atoms with van der Waals surface area (Å²) < 4.78 is 13.3. The number of hydrogen-bond donors (Lipinski definition) is 2. The molecule has 0 saturated carbocycles. The molecule has 0 aliphatic heterocycles. The lowest BCUT2D eigenvalue weighted by Crippen LogP contribution is -2.21. The zero-order chi connectivity index (χ0) is 22.7. The van der Waals surface area contributed by atoms with Crippen LogP contribution in [0.15, 0.2) is 54.3 Å². The van der Waals surface area contributed by atoms with Crippen molar-refractivity contribution in [3.63, 3.8) is 0 Å². The molecular formula is C22H16Cl2FN5OS. The van der Waals surface area contributed by atoms with Crippen LogP contribution >= 0.6 is 34.5 Å². The van der Waals surface area contributed by atoms with E-state index in [0.717, 1.165) is 11.3 Å². The van der Waals surface area contributed by atoms with Crippen molar-refractivity contribution in [2.24, 2.45) is 0 Å². The fraction of sp³-hybridized carbons (Fsp3) is 0.0909. The van der Waals surface area contributed by atoms with E-state index in [0.29, 0.717) is 32.7 Å². The quantitative estimate of drug-likeness (QED) is 0.347. The number of amides is 1. The van der Waals surface area contributed by atoms with Gasteiger partial charge in [0.15, 0.2) is 0 Å². The van der Waals surface area contributed by atoms with Gasteiger partial charge in [0.05, 0.1) is 26.8 Å². The number of anilines is 2. The van der Waals surface area contributed by atoms with E-state index in [1.165, 1.54) is 29.7 Å². The van der Waals surface area contributed by atoms with Gasteiger partial charge >= 0.3 is 0 Å². The second-order valence-corrected chi connectivity index (χ2v) is 8.56. The van der Waals surface area contributed by atoms with Crippen LogP contribution in [0.2, 0.25) is 10.0 Å². The van der Waals surface area contributed by atoms with Crippen molar-refractivity contribution >= 4 is 52.1 Å². The van der Waals surface area contributed by atoms with Crippen molar-refractivity contribution in [1.29, 1.82) is 0 Å². The summed E-state index contributed by atoms with van der Waals surface area (Å²) in [5.41, 5.74) is 3.69. The first-order valence-corrected chi connectivity index (χ1v) is 11.1. The topological polar surface area (TPSA) is 79.8 Å². The van der Waals surface area contributed by atoms with Crippen LogP contribution in [0.5, 0.6) is 0 Å². The number of rotatable bonds is 6. The third-order valence-corrected chi connectivity index (χ3v) is 6.04. The molecule has 0 bridgehead atoms. The Morgan fingerprint density at radius 2 is 2.00 bits per heavy atom. The van der Waals surface area contributed by atoms with Gasteiger partial charge in [0.25, 0.3) is 5.91 Å². The number of nitrogens with one attached hydrogen (secondary N) is 2. The number of halogens is 3. The lowest BCUT2D eigenvalue weighted by molar-refractivity contribution is 0.0955. The van der Waals surface area contributed by atoms with Crippen molar-refractivity contribution < 1.29 is 9.18 Å². The molecule has 3 aromatic heterocycles. The minimum Gasteiger partial charge on any atom is -0.347 e. The predicted molar refractivity (Wildman–Crippen MR) is 125 cm³/mol. The van der Waals surface area contributed by atoms with Gasteiger partial charge in [-0.2, -0.15) is 0 Å². The Morgan fingerprint density at radius 3 is 2.78 bits per heavy atom. The average molecular weight is 488 g/mol. The molecule has 0 unspecified atom stereocenters. The summed E-state index contributed by atoms with van der Waals surface area (Å²) in [6.07, 6.45) is 4.93. The molecule has 0 atom stereocenters. The van der Waals surface area contributed by atoms with Gasteiger partial charge in [-0.3, -0.25) is 9.78 Å². The van der Waals surface area contributed by atoms with Crippen LogP contribution in [0, 0.1) is 12.7 Å². The summed E-state index contributed by atoms with van der Waals surface area (Å²) in [5.74, 6) is -0.388. The summed E-state index contributed by atoms with van der Waals surface area (Å²) in [4.78, 5) is 25.9. The minimum atomic E-state index is -0.501. The Morgan fingerprint density at radius 1 is 1.16 bits per heavy atom. The molecule has 4 aromatic rings.